The second kappa shape index (κ2) is 5.16. The van der Waals surface area contributed by atoms with Crippen molar-refractivity contribution >= 4 is 0 Å². The zero-order valence-corrected chi connectivity index (χ0v) is 9.51. The van der Waals surface area contributed by atoms with Crippen molar-refractivity contribution in [2.45, 2.75) is 46.1 Å². The number of nitrogens with two attached hydrogens (primary N) is 1. The molecule has 1 heteroatoms. The molecule has 0 bridgehead atoms. The first-order valence-corrected chi connectivity index (χ1v) is 5.45. The van der Waals surface area contributed by atoms with E-state index in [1.165, 1.54) is 23.1 Å². The summed E-state index contributed by atoms with van der Waals surface area (Å²) in [6.07, 6.45) is 3.31. The summed E-state index contributed by atoms with van der Waals surface area (Å²) in [6, 6.07) is 6.77. The minimum absolute atomic E-state index is 0.319. The van der Waals surface area contributed by atoms with Crippen molar-refractivity contribution in [3.8, 4) is 0 Å². The summed E-state index contributed by atoms with van der Waals surface area (Å²) < 4.78 is 0. The number of hydrogen-bond donors (Lipinski definition) is 1. The van der Waals surface area contributed by atoms with Gasteiger partial charge in [-0.3, -0.25) is 0 Å². The van der Waals surface area contributed by atoms with Gasteiger partial charge in [0.05, 0.1) is 0 Å². The van der Waals surface area contributed by atoms with Crippen molar-refractivity contribution in [1.82, 2.24) is 0 Å². The van der Waals surface area contributed by atoms with E-state index in [1.54, 1.807) is 0 Å². The fourth-order valence-electron chi connectivity index (χ4n) is 1.91. The van der Waals surface area contributed by atoms with Gasteiger partial charge in [-0.2, -0.15) is 0 Å². The molecule has 0 fully saturated rings. The lowest BCUT2D eigenvalue weighted by atomic mass is 9.95. The van der Waals surface area contributed by atoms with E-state index in [4.69, 9.17) is 5.73 Å². The van der Waals surface area contributed by atoms with Crippen LogP contribution in [0.5, 0.6) is 0 Å². The Kier molecular flexibility index (Phi) is 4.15. The predicted octanol–water partition coefficient (Wildman–Crippen LogP) is 2.97. The monoisotopic (exact) mass is 191 g/mol. The minimum Gasteiger partial charge on any atom is -0.327 e. The number of benzene rings is 1. The van der Waals surface area contributed by atoms with Crippen LogP contribution < -0.4 is 5.73 Å². The van der Waals surface area contributed by atoms with Crippen LogP contribution in [0.4, 0.5) is 0 Å². The standard InChI is InChI=1S/C13H21N/c1-4-6-12(14)9-13-10(2)7-5-8-11(13)3/h5,7-8,12H,4,6,9,14H2,1-3H3. The molecular weight excluding hydrogens is 170 g/mol. The van der Waals surface area contributed by atoms with Crippen molar-refractivity contribution in [1.29, 1.82) is 0 Å². The van der Waals surface area contributed by atoms with Crippen LogP contribution in [0.15, 0.2) is 18.2 Å². The van der Waals surface area contributed by atoms with Gasteiger partial charge in [-0.1, -0.05) is 31.5 Å². The third kappa shape index (κ3) is 2.85. The van der Waals surface area contributed by atoms with Crippen LogP contribution in [0.25, 0.3) is 0 Å². The maximum absolute atomic E-state index is 6.05. The van der Waals surface area contributed by atoms with Crippen molar-refractivity contribution in [2.75, 3.05) is 0 Å². The van der Waals surface area contributed by atoms with Crippen LogP contribution in [-0.2, 0) is 6.42 Å². The molecule has 0 aromatic heterocycles. The molecule has 0 spiro atoms. The Labute approximate surface area is 87.3 Å². The first-order chi connectivity index (χ1) is 6.65. The molecule has 1 unspecified atom stereocenters. The predicted molar refractivity (Wildman–Crippen MR) is 62.5 cm³/mol. The molecule has 2 N–H and O–H groups in total. The van der Waals surface area contributed by atoms with E-state index in [-0.39, 0.29) is 0 Å². The molecule has 0 saturated heterocycles. The van der Waals surface area contributed by atoms with Crippen molar-refractivity contribution in [3.05, 3.63) is 34.9 Å². The molecule has 0 radical (unpaired) electrons. The van der Waals surface area contributed by atoms with Gasteiger partial charge in [-0.15, -0.1) is 0 Å². The van der Waals surface area contributed by atoms with Gasteiger partial charge < -0.3 is 5.73 Å². The van der Waals surface area contributed by atoms with Crippen LogP contribution in [0.2, 0.25) is 0 Å². The molecule has 1 atom stereocenters. The topological polar surface area (TPSA) is 26.0 Å². The first-order valence-electron chi connectivity index (χ1n) is 5.45. The third-order valence-corrected chi connectivity index (χ3v) is 2.77. The van der Waals surface area contributed by atoms with Gasteiger partial charge in [0.2, 0.25) is 0 Å². The van der Waals surface area contributed by atoms with Crippen molar-refractivity contribution in [2.24, 2.45) is 5.73 Å². The summed E-state index contributed by atoms with van der Waals surface area (Å²) >= 11 is 0. The molecule has 0 amide bonds. The highest BCUT2D eigenvalue weighted by atomic mass is 14.6. The van der Waals surface area contributed by atoms with E-state index in [0.717, 1.165) is 12.8 Å². The molecule has 78 valence electrons. The molecule has 0 aliphatic carbocycles. The molecule has 1 aromatic rings. The van der Waals surface area contributed by atoms with Gasteiger partial charge >= 0.3 is 0 Å². The first kappa shape index (κ1) is 11.3. The average Bonchev–Trinajstić information content (AvgIpc) is 2.12. The summed E-state index contributed by atoms with van der Waals surface area (Å²) in [6.45, 7) is 6.52. The van der Waals surface area contributed by atoms with Gasteiger partial charge in [0.1, 0.15) is 0 Å². The Morgan fingerprint density at radius 3 is 2.29 bits per heavy atom. The molecule has 0 heterocycles. The second-order valence-corrected chi connectivity index (χ2v) is 4.12. The Hall–Kier alpha value is -0.820. The quantitative estimate of drug-likeness (QED) is 0.778. The second-order valence-electron chi connectivity index (χ2n) is 4.12. The van der Waals surface area contributed by atoms with Gasteiger partial charge in [-0.05, 0) is 43.4 Å². The normalized spacial score (nSPS) is 12.9. The summed E-state index contributed by atoms with van der Waals surface area (Å²) in [5.41, 5.74) is 10.2. The highest BCUT2D eigenvalue weighted by Gasteiger charge is 2.07. The van der Waals surface area contributed by atoms with E-state index in [1.807, 2.05) is 0 Å². The number of hydrogen-bond acceptors (Lipinski definition) is 1. The summed E-state index contributed by atoms with van der Waals surface area (Å²) in [4.78, 5) is 0. The summed E-state index contributed by atoms with van der Waals surface area (Å²) in [5.74, 6) is 0. The van der Waals surface area contributed by atoms with Gasteiger partial charge in [0.25, 0.3) is 0 Å². The van der Waals surface area contributed by atoms with Crippen LogP contribution in [0, 0.1) is 13.8 Å². The van der Waals surface area contributed by atoms with E-state index < -0.39 is 0 Å². The summed E-state index contributed by atoms with van der Waals surface area (Å²) in [5, 5.41) is 0. The zero-order valence-electron chi connectivity index (χ0n) is 9.51. The Morgan fingerprint density at radius 2 is 1.79 bits per heavy atom. The Morgan fingerprint density at radius 1 is 1.21 bits per heavy atom. The van der Waals surface area contributed by atoms with Gasteiger partial charge in [-0.25, -0.2) is 0 Å². The van der Waals surface area contributed by atoms with Gasteiger partial charge in [0.15, 0.2) is 0 Å². The molecule has 0 saturated carbocycles. The van der Waals surface area contributed by atoms with Crippen LogP contribution in [0.1, 0.15) is 36.5 Å². The molecule has 1 rings (SSSR count). The SMILES string of the molecule is CCCC(N)Cc1c(C)cccc1C. The molecule has 14 heavy (non-hydrogen) atoms. The molecule has 1 nitrogen and oxygen atoms in total. The van der Waals surface area contributed by atoms with Crippen LogP contribution in [-0.4, -0.2) is 6.04 Å². The van der Waals surface area contributed by atoms with E-state index in [2.05, 4.69) is 39.0 Å². The number of aryl methyl sites for hydroxylation is 2. The van der Waals surface area contributed by atoms with E-state index in [0.29, 0.717) is 6.04 Å². The number of rotatable bonds is 4. The Bertz CT molecular complexity index is 271. The van der Waals surface area contributed by atoms with E-state index >= 15 is 0 Å². The zero-order chi connectivity index (χ0) is 10.6. The molecule has 0 aliphatic rings. The van der Waals surface area contributed by atoms with E-state index in [9.17, 15) is 0 Å². The van der Waals surface area contributed by atoms with Crippen molar-refractivity contribution < 1.29 is 0 Å². The fourth-order valence-corrected chi connectivity index (χ4v) is 1.91. The largest absolute Gasteiger partial charge is 0.327 e. The Balaban J connectivity index is 2.75. The van der Waals surface area contributed by atoms with Crippen LogP contribution in [0.3, 0.4) is 0 Å². The highest BCUT2D eigenvalue weighted by molar-refractivity contribution is 5.34. The van der Waals surface area contributed by atoms with Crippen LogP contribution >= 0.6 is 0 Å². The molecular formula is C13H21N. The maximum Gasteiger partial charge on any atom is 0.00794 e. The highest BCUT2D eigenvalue weighted by Crippen LogP contribution is 2.15. The average molecular weight is 191 g/mol. The van der Waals surface area contributed by atoms with Gasteiger partial charge in [0, 0.05) is 6.04 Å². The summed E-state index contributed by atoms with van der Waals surface area (Å²) in [7, 11) is 0. The lowest BCUT2D eigenvalue weighted by molar-refractivity contribution is 0.598. The molecule has 1 aromatic carbocycles. The minimum atomic E-state index is 0.319. The van der Waals surface area contributed by atoms with Crippen molar-refractivity contribution in [3.63, 3.8) is 0 Å². The third-order valence-electron chi connectivity index (χ3n) is 2.77. The lowest BCUT2D eigenvalue weighted by Gasteiger charge is -2.14. The fraction of sp³-hybridized carbons (Fsp3) is 0.538. The molecule has 0 aliphatic heterocycles. The lowest BCUT2D eigenvalue weighted by Crippen LogP contribution is -2.23. The maximum atomic E-state index is 6.05. The smallest absolute Gasteiger partial charge is 0.00794 e.